The van der Waals surface area contributed by atoms with Crippen molar-refractivity contribution in [1.82, 2.24) is 4.31 Å². The van der Waals surface area contributed by atoms with E-state index in [-0.39, 0.29) is 23.8 Å². The lowest BCUT2D eigenvalue weighted by Crippen LogP contribution is -2.50. The van der Waals surface area contributed by atoms with Crippen LogP contribution in [-0.2, 0) is 24.3 Å². The van der Waals surface area contributed by atoms with Crippen molar-refractivity contribution in [1.29, 1.82) is 0 Å². The number of sulfonamides is 1. The normalized spacial score (nSPS) is 30.1. The molecule has 0 saturated heterocycles. The molecule has 0 aromatic carbocycles. The third kappa shape index (κ3) is 2.07. The van der Waals surface area contributed by atoms with Crippen LogP contribution in [0.2, 0.25) is 0 Å². The molecule has 1 aliphatic heterocycles. The second kappa shape index (κ2) is 4.19. The van der Waals surface area contributed by atoms with Crippen LogP contribution in [0.15, 0.2) is 23.9 Å². The van der Waals surface area contributed by atoms with Gasteiger partial charge in [0.1, 0.15) is 5.70 Å². The molecule has 104 valence electrons. The molecule has 0 aromatic heterocycles. The minimum absolute atomic E-state index is 0.0307. The summed E-state index contributed by atoms with van der Waals surface area (Å²) in [6.45, 7) is 1.69. The largest absolute Gasteiger partial charge is 0.464 e. The molecule has 2 aliphatic rings. The van der Waals surface area contributed by atoms with Crippen molar-refractivity contribution in [3.63, 3.8) is 0 Å². The van der Waals surface area contributed by atoms with Gasteiger partial charge in [-0.2, -0.15) is 0 Å². The van der Waals surface area contributed by atoms with Crippen LogP contribution < -0.4 is 0 Å². The lowest BCUT2D eigenvalue weighted by atomic mass is 9.80. The smallest absolute Gasteiger partial charge is 0.355 e. The summed E-state index contributed by atoms with van der Waals surface area (Å²) in [7, 11) is -2.46. The fourth-order valence-corrected chi connectivity index (χ4v) is 4.04. The minimum atomic E-state index is -3.65. The number of hydrogen-bond donors (Lipinski definition) is 0. The van der Waals surface area contributed by atoms with Gasteiger partial charge in [-0.25, -0.2) is 13.2 Å². The van der Waals surface area contributed by atoms with E-state index in [4.69, 9.17) is 0 Å². The molecule has 0 saturated carbocycles. The molecule has 1 heterocycles. The molecule has 0 spiro atoms. The predicted octanol–water partition coefficient (Wildman–Crippen LogP) is 0.222. The van der Waals surface area contributed by atoms with Crippen LogP contribution in [0.4, 0.5) is 0 Å². The van der Waals surface area contributed by atoms with Crippen molar-refractivity contribution in [2.24, 2.45) is 5.92 Å². The zero-order chi connectivity index (χ0) is 14.4. The number of hydrogen-bond acceptors (Lipinski definition) is 5. The highest BCUT2D eigenvalue weighted by Crippen LogP contribution is 2.44. The molecular formula is C12H15NO5S. The molecule has 0 bridgehead atoms. The first-order chi connectivity index (χ1) is 8.70. The predicted molar refractivity (Wildman–Crippen MR) is 67.4 cm³/mol. The Kier molecular flexibility index (Phi) is 3.04. The van der Waals surface area contributed by atoms with E-state index < -0.39 is 21.5 Å². The van der Waals surface area contributed by atoms with Crippen molar-refractivity contribution in [2.75, 3.05) is 13.4 Å². The lowest BCUT2D eigenvalue weighted by Gasteiger charge is -2.39. The number of carbonyl (C=O) groups is 2. The molecule has 0 radical (unpaired) electrons. The topological polar surface area (TPSA) is 80.8 Å². The summed E-state index contributed by atoms with van der Waals surface area (Å²) in [6.07, 6.45) is 5.62. The number of nitrogens with zero attached hydrogens (tertiary/aromatic N) is 1. The average molecular weight is 285 g/mol. The van der Waals surface area contributed by atoms with E-state index >= 15 is 0 Å². The van der Waals surface area contributed by atoms with Gasteiger partial charge in [0.25, 0.3) is 0 Å². The van der Waals surface area contributed by atoms with E-state index in [1.807, 2.05) is 0 Å². The second-order valence-electron chi connectivity index (χ2n) is 4.91. The van der Waals surface area contributed by atoms with Gasteiger partial charge in [0.15, 0.2) is 5.78 Å². The molecule has 19 heavy (non-hydrogen) atoms. The van der Waals surface area contributed by atoms with Crippen LogP contribution in [0.25, 0.3) is 0 Å². The Morgan fingerprint density at radius 1 is 1.53 bits per heavy atom. The molecule has 2 unspecified atom stereocenters. The quantitative estimate of drug-likeness (QED) is 0.678. The lowest BCUT2D eigenvalue weighted by molar-refractivity contribution is -0.137. The summed E-state index contributed by atoms with van der Waals surface area (Å²) < 4.78 is 29.6. The maximum absolute atomic E-state index is 12.0. The van der Waals surface area contributed by atoms with Gasteiger partial charge in [0.2, 0.25) is 10.0 Å². The molecule has 0 aromatic rings. The summed E-state index contributed by atoms with van der Waals surface area (Å²) >= 11 is 0. The van der Waals surface area contributed by atoms with Crippen molar-refractivity contribution in [3.8, 4) is 0 Å². The van der Waals surface area contributed by atoms with Gasteiger partial charge < -0.3 is 4.74 Å². The first kappa shape index (κ1) is 13.8. The highest BCUT2D eigenvalue weighted by atomic mass is 32.2. The van der Waals surface area contributed by atoms with Crippen LogP contribution in [-0.4, -0.2) is 43.4 Å². The Balaban J connectivity index is 2.58. The fourth-order valence-electron chi connectivity index (χ4n) is 2.63. The van der Waals surface area contributed by atoms with Crippen LogP contribution >= 0.6 is 0 Å². The van der Waals surface area contributed by atoms with E-state index in [0.29, 0.717) is 0 Å². The average Bonchev–Trinajstić information content (AvgIpc) is 2.61. The fraction of sp³-hybridized carbons (Fsp3) is 0.500. The molecule has 0 N–H and O–H groups in total. The van der Waals surface area contributed by atoms with Crippen molar-refractivity contribution < 1.29 is 22.7 Å². The zero-order valence-corrected chi connectivity index (χ0v) is 11.7. The highest BCUT2D eigenvalue weighted by molar-refractivity contribution is 7.88. The molecule has 0 fully saturated rings. The maximum Gasteiger partial charge on any atom is 0.355 e. The van der Waals surface area contributed by atoms with Crippen molar-refractivity contribution in [2.45, 2.75) is 18.9 Å². The maximum atomic E-state index is 12.0. The minimum Gasteiger partial charge on any atom is -0.464 e. The Bertz CT molecular complexity index is 604. The SMILES string of the molecule is COC(=O)C1=CC2CC(=O)C=CC2(C)N1S(C)(=O)=O. The molecule has 0 amide bonds. The van der Waals surface area contributed by atoms with Crippen LogP contribution in [0.1, 0.15) is 13.3 Å². The summed E-state index contributed by atoms with van der Waals surface area (Å²) in [6, 6.07) is 0. The summed E-state index contributed by atoms with van der Waals surface area (Å²) in [4.78, 5) is 23.2. The summed E-state index contributed by atoms with van der Waals surface area (Å²) in [5.41, 5.74) is -0.956. The van der Waals surface area contributed by atoms with E-state index in [0.717, 1.165) is 10.6 Å². The van der Waals surface area contributed by atoms with Crippen LogP contribution in [0.5, 0.6) is 0 Å². The molecule has 7 heteroatoms. The summed E-state index contributed by atoms with van der Waals surface area (Å²) in [5, 5.41) is 0. The van der Waals surface area contributed by atoms with Crippen molar-refractivity contribution >= 4 is 21.8 Å². The van der Waals surface area contributed by atoms with Gasteiger partial charge in [-0.3, -0.25) is 9.10 Å². The molecule has 2 rings (SSSR count). The van der Waals surface area contributed by atoms with Gasteiger partial charge in [-0.05, 0) is 19.1 Å². The standard InChI is InChI=1S/C12H15NO5S/c1-12-5-4-9(14)6-8(12)7-10(11(15)18-2)13(12)19(3,16)17/h4-5,7-8H,6H2,1-3H3. The Morgan fingerprint density at radius 2 is 2.16 bits per heavy atom. The molecule has 6 nitrogen and oxygen atoms in total. The van der Waals surface area contributed by atoms with E-state index in [9.17, 15) is 18.0 Å². The number of ether oxygens (including phenoxy) is 1. The highest BCUT2D eigenvalue weighted by Gasteiger charge is 2.51. The number of esters is 1. The summed E-state index contributed by atoms with van der Waals surface area (Å²) in [5.74, 6) is -1.16. The van der Waals surface area contributed by atoms with Gasteiger partial charge in [0.05, 0.1) is 18.9 Å². The van der Waals surface area contributed by atoms with Gasteiger partial charge in [-0.1, -0.05) is 6.08 Å². The Labute approximate surface area is 111 Å². The van der Waals surface area contributed by atoms with Gasteiger partial charge in [-0.15, -0.1) is 0 Å². The van der Waals surface area contributed by atoms with Gasteiger partial charge >= 0.3 is 5.97 Å². The molecule has 1 aliphatic carbocycles. The number of fused-ring (bicyclic) bond motifs is 1. The third-order valence-electron chi connectivity index (χ3n) is 3.52. The Morgan fingerprint density at radius 3 is 2.68 bits per heavy atom. The monoisotopic (exact) mass is 285 g/mol. The van der Waals surface area contributed by atoms with Crippen molar-refractivity contribution in [3.05, 3.63) is 23.9 Å². The number of rotatable bonds is 2. The number of allylic oxidation sites excluding steroid dienone is 1. The van der Waals surface area contributed by atoms with Gasteiger partial charge in [0, 0.05) is 12.3 Å². The third-order valence-corrected chi connectivity index (χ3v) is 4.77. The van der Waals surface area contributed by atoms with E-state index in [1.54, 1.807) is 6.92 Å². The van der Waals surface area contributed by atoms with E-state index in [1.165, 1.54) is 25.3 Å². The van der Waals surface area contributed by atoms with E-state index in [2.05, 4.69) is 4.74 Å². The first-order valence-electron chi connectivity index (χ1n) is 5.73. The molecular weight excluding hydrogens is 270 g/mol. The number of methoxy groups -OCH3 is 1. The number of carbonyl (C=O) groups excluding carboxylic acids is 2. The first-order valence-corrected chi connectivity index (χ1v) is 7.57. The van der Waals surface area contributed by atoms with Crippen LogP contribution in [0.3, 0.4) is 0 Å². The second-order valence-corrected chi connectivity index (χ2v) is 6.74. The zero-order valence-electron chi connectivity index (χ0n) is 10.9. The molecule has 2 atom stereocenters. The number of ketones is 1. The van der Waals surface area contributed by atoms with Crippen LogP contribution in [0, 0.1) is 5.92 Å². The Hall–Kier alpha value is -1.63.